The lowest BCUT2D eigenvalue weighted by molar-refractivity contribution is -0.617. The summed E-state index contributed by atoms with van der Waals surface area (Å²) in [6.45, 7) is 3.87. The van der Waals surface area contributed by atoms with Crippen molar-refractivity contribution in [3.05, 3.63) is 82.4 Å². The number of hydrogen-bond acceptors (Lipinski definition) is 4. The van der Waals surface area contributed by atoms with E-state index in [1.54, 1.807) is 13.8 Å². The zero-order valence-electron chi connectivity index (χ0n) is 17.6. The minimum Gasteiger partial charge on any atom is -0.478 e. The van der Waals surface area contributed by atoms with E-state index in [0.29, 0.717) is 29.0 Å². The standard InChI is InChI=1S/C25H22N2O4/c1-14-10-17(24(28)29)11-15(2)23(14)31-25(30)22-18-6-4-5-7-20(18)27(3)21-12-16(13-26)8-9-19(21)22/h4-12H,13,26H2,1-3H3/p+1. The molecule has 156 valence electrons. The second kappa shape index (κ2) is 7.81. The average Bonchev–Trinajstić information content (AvgIpc) is 2.76. The van der Waals surface area contributed by atoms with Crippen LogP contribution in [0.25, 0.3) is 21.8 Å². The van der Waals surface area contributed by atoms with E-state index in [0.717, 1.165) is 27.4 Å². The number of carboxylic acids is 1. The minimum absolute atomic E-state index is 0.159. The van der Waals surface area contributed by atoms with Crippen molar-refractivity contribution >= 4 is 33.7 Å². The van der Waals surface area contributed by atoms with E-state index < -0.39 is 11.9 Å². The van der Waals surface area contributed by atoms with Crippen LogP contribution < -0.4 is 15.0 Å². The van der Waals surface area contributed by atoms with Crippen molar-refractivity contribution in [1.82, 2.24) is 0 Å². The van der Waals surface area contributed by atoms with Gasteiger partial charge in [-0.15, -0.1) is 0 Å². The topological polar surface area (TPSA) is 93.5 Å². The van der Waals surface area contributed by atoms with Gasteiger partial charge in [-0.3, -0.25) is 0 Å². The molecule has 0 radical (unpaired) electrons. The molecule has 0 bridgehead atoms. The molecule has 3 aromatic carbocycles. The maximum Gasteiger partial charge on any atom is 0.345 e. The molecule has 0 fully saturated rings. The monoisotopic (exact) mass is 415 g/mol. The number of nitrogens with zero attached hydrogens (tertiary/aromatic N) is 1. The van der Waals surface area contributed by atoms with Crippen molar-refractivity contribution in [3.63, 3.8) is 0 Å². The number of nitrogens with two attached hydrogens (primary N) is 1. The fourth-order valence-electron chi connectivity index (χ4n) is 4.04. The molecule has 6 heteroatoms. The van der Waals surface area contributed by atoms with Crippen molar-refractivity contribution in [1.29, 1.82) is 0 Å². The highest BCUT2D eigenvalue weighted by Crippen LogP contribution is 2.30. The first kappa shape index (κ1) is 20.5. The number of pyridine rings is 1. The van der Waals surface area contributed by atoms with Gasteiger partial charge >= 0.3 is 11.9 Å². The number of carbonyl (C=O) groups excluding carboxylic acids is 1. The molecule has 4 aromatic rings. The van der Waals surface area contributed by atoms with Gasteiger partial charge in [0.15, 0.2) is 0 Å². The Hall–Kier alpha value is -3.77. The molecule has 0 saturated carbocycles. The zero-order valence-corrected chi connectivity index (χ0v) is 17.6. The second-order valence-corrected chi connectivity index (χ2v) is 7.64. The van der Waals surface area contributed by atoms with Gasteiger partial charge in [-0.2, -0.15) is 4.57 Å². The van der Waals surface area contributed by atoms with Gasteiger partial charge in [0.1, 0.15) is 12.8 Å². The third kappa shape index (κ3) is 3.51. The van der Waals surface area contributed by atoms with E-state index in [4.69, 9.17) is 10.5 Å². The molecule has 0 atom stereocenters. The molecule has 0 unspecified atom stereocenters. The highest BCUT2D eigenvalue weighted by molar-refractivity contribution is 6.13. The molecular weight excluding hydrogens is 392 g/mol. The van der Waals surface area contributed by atoms with Crippen molar-refractivity contribution < 1.29 is 24.0 Å². The molecule has 6 nitrogen and oxygen atoms in total. The first-order valence-corrected chi connectivity index (χ1v) is 9.92. The fraction of sp³-hybridized carbons (Fsp3) is 0.160. The van der Waals surface area contributed by atoms with Gasteiger partial charge < -0.3 is 15.6 Å². The van der Waals surface area contributed by atoms with Crippen molar-refractivity contribution in [2.45, 2.75) is 20.4 Å². The molecular formula is C25H23N2O4+. The molecule has 0 saturated heterocycles. The lowest BCUT2D eigenvalue weighted by atomic mass is 10.00. The minimum atomic E-state index is -1.02. The molecule has 4 rings (SSSR count). The third-order valence-electron chi connectivity index (χ3n) is 5.57. The predicted molar refractivity (Wildman–Crippen MR) is 118 cm³/mol. The number of carbonyl (C=O) groups is 2. The van der Waals surface area contributed by atoms with Gasteiger partial charge in [0.25, 0.3) is 0 Å². The first-order valence-electron chi connectivity index (χ1n) is 9.92. The number of hydrogen-bond donors (Lipinski definition) is 2. The van der Waals surface area contributed by atoms with Crippen molar-refractivity contribution in [2.75, 3.05) is 0 Å². The summed E-state index contributed by atoms with van der Waals surface area (Å²) in [4.78, 5) is 24.8. The maximum atomic E-state index is 13.5. The molecule has 1 aromatic heterocycles. The number of benzene rings is 3. The van der Waals surface area contributed by atoms with Crippen LogP contribution in [0.5, 0.6) is 5.75 Å². The van der Waals surface area contributed by atoms with E-state index in [9.17, 15) is 14.7 Å². The third-order valence-corrected chi connectivity index (χ3v) is 5.57. The van der Waals surface area contributed by atoms with Gasteiger partial charge in [0.05, 0.1) is 21.9 Å². The summed E-state index contributed by atoms with van der Waals surface area (Å²) in [5, 5.41) is 10.8. The highest BCUT2D eigenvalue weighted by Gasteiger charge is 2.25. The zero-order chi connectivity index (χ0) is 22.3. The van der Waals surface area contributed by atoms with Gasteiger partial charge in [0.2, 0.25) is 11.0 Å². The van der Waals surface area contributed by atoms with Gasteiger partial charge in [-0.1, -0.05) is 18.2 Å². The second-order valence-electron chi connectivity index (χ2n) is 7.64. The van der Waals surface area contributed by atoms with E-state index >= 15 is 0 Å². The summed E-state index contributed by atoms with van der Waals surface area (Å²) in [6, 6.07) is 16.5. The van der Waals surface area contributed by atoms with E-state index in [1.807, 2.05) is 54.1 Å². The van der Waals surface area contributed by atoms with Gasteiger partial charge in [-0.25, -0.2) is 9.59 Å². The van der Waals surface area contributed by atoms with Crippen LogP contribution in [-0.2, 0) is 13.6 Å². The normalized spacial score (nSPS) is 11.1. The Labute approximate surface area is 179 Å². The number of fused-ring (bicyclic) bond motifs is 2. The number of ether oxygens (including phenoxy) is 1. The van der Waals surface area contributed by atoms with Crippen molar-refractivity contribution in [2.24, 2.45) is 12.8 Å². The van der Waals surface area contributed by atoms with Crippen LogP contribution >= 0.6 is 0 Å². The summed E-state index contributed by atoms with van der Waals surface area (Å²) in [6.07, 6.45) is 0. The Morgan fingerprint density at radius 2 is 1.61 bits per heavy atom. The average molecular weight is 415 g/mol. The number of aromatic nitrogens is 1. The lowest BCUT2D eigenvalue weighted by Crippen LogP contribution is -2.31. The predicted octanol–water partition coefficient (Wildman–Crippen LogP) is 3.81. The van der Waals surface area contributed by atoms with E-state index in [1.165, 1.54) is 12.1 Å². The Bertz CT molecular complexity index is 1350. The van der Waals surface area contributed by atoms with Crippen LogP contribution in [0.4, 0.5) is 0 Å². The molecule has 0 spiro atoms. The Morgan fingerprint density at radius 3 is 2.26 bits per heavy atom. The van der Waals surface area contributed by atoms with Gasteiger partial charge in [0, 0.05) is 18.7 Å². The summed E-state index contributed by atoms with van der Waals surface area (Å²) in [5.41, 5.74) is 10.4. The maximum absolute atomic E-state index is 13.5. The van der Waals surface area contributed by atoms with Crippen LogP contribution in [-0.4, -0.2) is 17.0 Å². The number of carboxylic acid groups (broad SMARTS) is 1. The number of esters is 1. The molecule has 0 aliphatic carbocycles. The van der Waals surface area contributed by atoms with E-state index in [-0.39, 0.29) is 5.56 Å². The number of aryl methyl sites for hydroxylation is 3. The summed E-state index contributed by atoms with van der Waals surface area (Å²) in [7, 11) is 1.96. The van der Waals surface area contributed by atoms with Crippen LogP contribution in [0.3, 0.4) is 0 Å². The summed E-state index contributed by atoms with van der Waals surface area (Å²) >= 11 is 0. The van der Waals surface area contributed by atoms with Crippen molar-refractivity contribution in [3.8, 4) is 5.75 Å². The van der Waals surface area contributed by atoms with E-state index in [2.05, 4.69) is 0 Å². The fourth-order valence-corrected chi connectivity index (χ4v) is 4.04. The van der Waals surface area contributed by atoms with Gasteiger partial charge in [-0.05, 0) is 54.8 Å². The molecule has 0 aliphatic heterocycles. The summed E-state index contributed by atoms with van der Waals surface area (Å²) < 4.78 is 7.88. The SMILES string of the molecule is Cc1cc(C(=O)O)cc(C)c1OC(=O)c1c2ccccc2[n+](C)c2cc(CN)ccc12. The molecule has 0 aliphatic rings. The lowest BCUT2D eigenvalue weighted by Gasteiger charge is -2.14. The summed E-state index contributed by atoms with van der Waals surface area (Å²) in [5.74, 6) is -1.14. The van der Waals surface area contributed by atoms with Crippen LogP contribution in [0.2, 0.25) is 0 Å². The number of rotatable bonds is 4. The Kier molecular flexibility index (Phi) is 5.17. The van der Waals surface area contributed by atoms with Crippen LogP contribution in [0.1, 0.15) is 37.4 Å². The molecule has 1 heterocycles. The molecule has 0 amide bonds. The number of para-hydroxylation sites is 1. The largest absolute Gasteiger partial charge is 0.478 e. The van der Waals surface area contributed by atoms with Crippen LogP contribution in [0, 0.1) is 13.8 Å². The first-order chi connectivity index (χ1) is 14.8. The molecule has 31 heavy (non-hydrogen) atoms. The Balaban J connectivity index is 1.92. The smallest absolute Gasteiger partial charge is 0.345 e. The highest BCUT2D eigenvalue weighted by atomic mass is 16.5. The molecule has 3 N–H and O–H groups in total. The Morgan fingerprint density at radius 1 is 0.968 bits per heavy atom. The van der Waals surface area contributed by atoms with Crippen LogP contribution in [0.15, 0.2) is 54.6 Å². The number of aromatic carboxylic acids is 1. The quantitative estimate of drug-likeness (QED) is 0.229.